The number of hydrogen-bond donors (Lipinski definition) is 1. The van der Waals surface area contributed by atoms with Gasteiger partial charge < -0.3 is 10.3 Å². The fourth-order valence-corrected chi connectivity index (χ4v) is 4.91. The highest BCUT2D eigenvalue weighted by molar-refractivity contribution is 7.89. The van der Waals surface area contributed by atoms with E-state index in [1.165, 1.54) is 4.41 Å². The average Bonchev–Trinajstić information content (AvgIpc) is 3.21. The van der Waals surface area contributed by atoms with Gasteiger partial charge in [0.25, 0.3) is 10.0 Å². The number of nitrogens with one attached hydrogen (secondary N) is 1. The van der Waals surface area contributed by atoms with Gasteiger partial charge >= 0.3 is 0 Å². The number of hydrazine groups is 1. The van der Waals surface area contributed by atoms with Crippen LogP contribution in [0.1, 0.15) is 17.2 Å². The number of sulfonamides is 1. The molecule has 0 aliphatic carbocycles. The smallest absolute Gasteiger partial charge is 0.260 e. The Morgan fingerprint density at radius 3 is 2.13 bits per heavy atom. The summed E-state index contributed by atoms with van der Waals surface area (Å²) in [6.07, 6.45) is 1.92. The molecule has 1 atom stereocenters. The molecule has 0 spiro atoms. The van der Waals surface area contributed by atoms with E-state index < -0.39 is 16.1 Å². The molecule has 0 saturated carbocycles. The summed E-state index contributed by atoms with van der Waals surface area (Å²) in [5.41, 5.74) is 6.60. The summed E-state index contributed by atoms with van der Waals surface area (Å²) in [6, 6.07) is 23.1. The van der Waals surface area contributed by atoms with Crippen LogP contribution in [-0.4, -0.2) is 26.9 Å². The van der Waals surface area contributed by atoms with Crippen molar-refractivity contribution in [3.8, 4) is 0 Å². The Labute approximate surface area is 182 Å². The van der Waals surface area contributed by atoms with E-state index in [2.05, 4.69) is 5.43 Å². The van der Waals surface area contributed by atoms with Crippen LogP contribution in [0.4, 0.5) is 5.69 Å². The number of rotatable bonds is 5. The van der Waals surface area contributed by atoms with Gasteiger partial charge in [0.15, 0.2) is 0 Å². The van der Waals surface area contributed by atoms with Crippen LogP contribution in [0.15, 0.2) is 89.8 Å². The number of anilines is 1. The molecular formula is C23H22ClN3O2S. The number of halogens is 1. The maximum atomic E-state index is 13.4. The minimum Gasteiger partial charge on any atom is -0.378 e. The maximum absolute atomic E-state index is 13.4. The molecule has 5 nitrogen and oxygen atoms in total. The third-order valence-corrected chi connectivity index (χ3v) is 6.97. The summed E-state index contributed by atoms with van der Waals surface area (Å²) in [4.78, 5) is 2.24. The monoisotopic (exact) mass is 439 g/mol. The first kappa shape index (κ1) is 20.5. The first-order valence-corrected chi connectivity index (χ1v) is 11.3. The van der Waals surface area contributed by atoms with Crippen LogP contribution in [0.25, 0.3) is 5.70 Å². The molecule has 0 aromatic heterocycles. The first-order valence-electron chi connectivity index (χ1n) is 9.47. The molecule has 154 valence electrons. The molecule has 1 heterocycles. The zero-order valence-corrected chi connectivity index (χ0v) is 18.2. The largest absolute Gasteiger partial charge is 0.378 e. The zero-order chi connectivity index (χ0) is 21.3. The van der Waals surface area contributed by atoms with Crippen molar-refractivity contribution in [3.05, 3.63) is 101 Å². The van der Waals surface area contributed by atoms with Crippen LogP contribution >= 0.6 is 11.6 Å². The summed E-state index contributed by atoms with van der Waals surface area (Å²) in [5, 5.41) is 0.627. The normalized spacial score (nSPS) is 16.8. The van der Waals surface area contributed by atoms with Crippen LogP contribution in [-0.2, 0) is 10.0 Å². The van der Waals surface area contributed by atoms with Crippen molar-refractivity contribution in [2.45, 2.75) is 10.9 Å². The predicted molar refractivity (Wildman–Crippen MR) is 122 cm³/mol. The van der Waals surface area contributed by atoms with Crippen molar-refractivity contribution >= 4 is 33.0 Å². The summed E-state index contributed by atoms with van der Waals surface area (Å²) in [6.45, 7) is 0. The average molecular weight is 440 g/mol. The molecular weight excluding hydrogens is 418 g/mol. The van der Waals surface area contributed by atoms with Gasteiger partial charge in [-0.25, -0.2) is 8.42 Å². The Morgan fingerprint density at radius 1 is 0.900 bits per heavy atom. The summed E-state index contributed by atoms with van der Waals surface area (Å²) < 4.78 is 28.2. The van der Waals surface area contributed by atoms with Gasteiger partial charge in [0.05, 0.1) is 16.6 Å². The van der Waals surface area contributed by atoms with Gasteiger partial charge in [-0.1, -0.05) is 54.1 Å². The lowest BCUT2D eigenvalue weighted by atomic mass is 10.0. The van der Waals surface area contributed by atoms with Crippen molar-refractivity contribution in [2.24, 2.45) is 0 Å². The topological polar surface area (TPSA) is 52.6 Å². The third-order valence-electron chi connectivity index (χ3n) is 5.01. The Bertz CT molecular complexity index is 1160. The Hall–Kier alpha value is -2.80. The second kappa shape index (κ2) is 8.14. The minimum absolute atomic E-state index is 0.234. The van der Waals surface area contributed by atoms with E-state index in [1.807, 2.05) is 61.5 Å². The van der Waals surface area contributed by atoms with E-state index in [4.69, 9.17) is 11.6 Å². The Kier molecular flexibility index (Phi) is 5.56. The van der Waals surface area contributed by atoms with Crippen LogP contribution in [0, 0.1) is 0 Å². The predicted octanol–water partition coefficient (Wildman–Crippen LogP) is 4.70. The standard InChI is InChI=1S/C23H22ClN3O2S/c1-26(2)20-14-10-18(11-15-20)23-16-22(17-8-12-19(24)13-9-17)25-27(23)30(28,29)21-6-4-3-5-7-21/h3-16,23,25H,1-2H3/t23-/m0/s1. The molecule has 7 heteroatoms. The van der Waals surface area contributed by atoms with Crippen molar-refractivity contribution in [2.75, 3.05) is 19.0 Å². The van der Waals surface area contributed by atoms with Crippen LogP contribution in [0.5, 0.6) is 0 Å². The second-order valence-electron chi connectivity index (χ2n) is 7.24. The van der Waals surface area contributed by atoms with Crippen molar-refractivity contribution in [1.82, 2.24) is 9.84 Å². The maximum Gasteiger partial charge on any atom is 0.260 e. The van der Waals surface area contributed by atoms with Gasteiger partial charge in [-0.05, 0) is 53.6 Å². The lowest BCUT2D eigenvalue weighted by molar-refractivity contribution is 0.348. The van der Waals surface area contributed by atoms with E-state index >= 15 is 0 Å². The molecule has 3 aromatic rings. The highest BCUT2D eigenvalue weighted by atomic mass is 35.5. The molecule has 0 amide bonds. The summed E-state index contributed by atoms with van der Waals surface area (Å²) in [7, 11) is 0.160. The van der Waals surface area contributed by atoms with Gasteiger partial charge in [-0.15, -0.1) is 4.41 Å². The number of nitrogens with zero attached hydrogens (tertiary/aromatic N) is 2. The molecule has 3 aromatic carbocycles. The molecule has 0 unspecified atom stereocenters. The van der Waals surface area contributed by atoms with Gasteiger partial charge in [-0.3, -0.25) is 0 Å². The first-order chi connectivity index (χ1) is 14.4. The summed E-state index contributed by atoms with van der Waals surface area (Å²) >= 11 is 6.01. The fraction of sp³-hybridized carbons (Fsp3) is 0.130. The van der Waals surface area contributed by atoms with Crippen molar-refractivity contribution < 1.29 is 8.42 Å². The summed E-state index contributed by atoms with van der Waals surface area (Å²) in [5.74, 6) is 0. The highest BCUT2D eigenvalue weighted by Crippen LogP contribution is 2.36. The molecule has 30 heavy (non-hydrogen) atoms. The van der Waals surface area contributed by atoms with Crippen LogP contribution < -0.4 is 10.3 Å². The zero-order valence-electron chi connectivity index (χ0n) is 16.7. The second-order valence-corrected chi connectivity index (χ2v) is 9.50. The molecule has 1 N–H and O–H groups in total. The van der Waals surface area contributed by atoms with Crippen LogP contribution in [0.2, 0.25) is 5.02 Å². The van der Waals surface area contributed by atoms with Crippen molar-refractivity contribution in [3.63, 3.8) is 0 Å². The van der Waals surface area contributed by atoms with Crippen molar-refractivity contribution in [1.29, 1.82) is 0 Å². The molecule has 0 fully saturated rings. The minimum atomic E-state index is -3.78. The van der Waals surface area contributed by atoms with Crippen LogP contribution in [0.3, 0.4) is 0 Å². The molecule has 0 saturated heterocycles. The lowest BCUT2D eigenvalue weighted by Crippen LogP contribution is -2.39. The molecule has 0 bridgehead atoms. The Balaban J connectivity index is 1.77. The van der Waals surface area contributed by atoms with E-state index in [0.717, 1.165) is 16.8 Å². The Morgan fingerprint density at radius 2 is 1.53 bits per heavy atom. The van der Waals surface area contributed by atoms with Gasteiger partial charge in [0.1, 0.15) is 0 Å². The molecule has 1 aliphatic rings. The fourth-order valence-electron chi connectivity index (χ4n) is 3.36. The van der Waals surface area contributed by atoms with E-state index in [-0.39, 0.29) is 4.90 Å². The van der Waals surface area contributed by atoms with E-state index in [9.17, 15) is 8.42 Å². The third kappa shape index (κ3) is 3.94. The van der Waals surface area contributed by atoms with Gasteiger partial charge in [-0.2, -0.15) is 0 Å². The lowest BCUT2D eigenvalue weighted by Gasteiger charge is -2.25. The SMILES string of the molecule is CN(C)c1ccc([C@@H]2C=C(c3ccc(Cl)cc3)NN2S(=O)(=O)c2ccccc2)cc1. The quantitative estimate of drug-likeness (QED) is 0.626. The molecule has 0 radical (unpaired) electrons. The highest BCUT2D eigenvalue weighted by Gasteiger charge is 2.36. The van der Waals surface area contributed by atoms with Gasteiger partial charge in [0, 0.05) is 24.8 Å². The van der Waals surface area contributed by atoms with E-state index in [0.29, 0.717) is 10.7 Å². The van der Waals surface area contributed by atoms with E-state index in [1.54, 1.807) is 42.5 Å². The number of hydrogen-bond acceptors (Lipinski definition) is 4. The molecule has 4 rings (SSSR count). The molecule has 1 aliphatic heterocycles. The van der Waals surface area contributed by atoms with Gasteiger partial charge in [0.2, 0.25) is 0 Å². The number of benzene rings is 3.